The summed E-state index contributed by atoms with van der Waals surface area (Å²) < 4.78 is 35.2. The quantitative estimate of drug-likeness (QED) is 0.311. The molecule has 0 fully saturated rings. The number of aromatic nitrogens is 2. The van der Waals surface area contributed by atoms with Crippen LogP contribution in [0.25, 0.3) is 16.6 Å². The molecule has 0 saturated heterocycles. The van der Waals surface area contributed by atoms with Gasteiger partial charge in [0.25, 0.3) is 0 Å². The van der Waals surface area contributed by atoms with Gasteiger partial charge in [-0.25, -0.2) is 13.5 Å². The lowest BCUT2D eigenvalue weighted by atomic mass is 9.92. The van der Waals surface area contributed by atoms with E-state index in [1.807, 2.05) is 19.1 Å². The summed E-state index contributed by atoms with van der Waals surface area (Å²) in [4.78, 5) is 12.7. The molecule has 37 heavy (non-hydrogen) atoms. The zero-order chi connectivity index (χ0) is 26.0. The summed E-state index contributed by atoms with van der Waals surface area (Å²) in [6.45, 7) is 6.60. The molecule has 196 valence electrons. The van der Waals surface area contributed by atoms with Gasteiger partial charge in [-0.2, -0.15) is 5.10 Å². The highest BCUT2D eigenvalue weighted by Crippen LogP contribution is 2.31. The zero-order valence-corrected chi connectivity index (χ0v) is 20.6. The van der Waals surface area contributed by atoms with Crippen LogP contribution in [-0.2, 0) is 4.79 Å². The van der Waals surface area contributed by atoms with Crippen LogP contribution in [0.3, 0.4) is 0 Å². The van der Waals surface area contributed by atoms with Crippen LogP contribution < -0.4 is 10.1 Å². The van der Waals surface area contributed by atoms with Crippen molar-refractivity contribution >= 4 is 16.8 Å². The van der Waals surface area contributed by atoms with Crippen molar-refractivity contribution in [3.8, 4) is 11.4 Å². The molecule has 1 aromatic heterocycles. The van der Waals surface area contributed by atoms with Crippen molar-refractivity contribution in [2.45, 2.75) is 47.3 Å². The fourth-order valence-corrected chi connectivity index (χ4v) is 3.96. The van der Waals surface area contributed by atoms with E-state index in [0.29, 0.717) is 11.3 Å². The molecule has 0 aliphatic heterocycles. The summed E-state index contributed by atoms with van der Waals surface area (Å²) in [6, 6.07) is 15.5. The summed E-state index contributed by atoms with van der Waals surface area (Å²) in [5.74, 6) is -0.460. The van der Waals surface area contributed by atoms with Crippen molar-refractivity contribution in [2.75, 3.05) is 6.61 Å². The van der Waals surface area contributed by atoms with Gasteiger partial charge in [0, 0.05) is 5.39 Å². The molecule has 3 aromatic carbocycles. The molecule has 1 amide bonds. The normalized spacial score (nSPS) is 13.1. The first-order valence-corrected chi connectivity index (χ1v) is 11.7. The first-order valence-electron chi connectivity index (χ1n) is 11.7. The second-order valence-electron chi connectivity index (χ2n) is 9.60. The SMILES string of the molecule is C.Cc1cc(F)ccc1[C@@H](Oc1ccc2c(cnn2-c2ccc(F)cc2)c1)[C@H](C)NC(=O)C(C)(C)CO. The maximum absolute atomic E-state index is 13.8. The second kappa shape index (κ2) is 11.1. The van der Waals surface area contributed by atoms with Crippen LogP contribution in [0.4, 0.5) is 8.78 Å². The molecule has 6 nitrogen and oxygen atoms in total. The number of aryl methyl sites for hydroxylation is 1. The topological polar surface area (TPSA) is 76.4 Å². The highest BCUT2D eigenvalue weighted by molar-refractivity contribution is 5.82. The number of aliphatic hydroxyl groups is 1. The average Bonchev–Trinajstić information content (AvgIpc) is 3.26. The molecular weight excluding hydrogens is 476 g/mol. The predicted molar refractivity (Wildman–Crippen MR) is 141 cm³/mol. The smallest absolute Gasteiger partial charge is 0.228 e. The molecule has 2 N–H and O–H groups in total. The van der Waals surface area contributed by atoms with Gasteiger partial charge >= 0.3 is 0 Å². The predicted octanol–water partition coefficient (Wildman–Crippen LogP) is 5.89. The maximum atomic E-state index is 13.8. The monoisotopic (exact) mass is 509 g/mol. The highest BCUT2D eigenvalue weighted by atomic mass is 19.1. The van der Waals surface area contributed by atoms with E-state index in [2.05, 4.69) is 10.4 Å². The Morgan fingerprint density at radius 1 is 1.08 bits per heavy atom. The third-order valence-corrected chi connectivity index (χ3v) is 6.23. The Labute approximate surface area is 215 Å². The van der Waals surface area contributed by atoms with Gasteiger partial charge in [0.15, 0.2) is 0 Å². The number of halogens is 2. The van der Waals surface area contributed by atoms with E-state index >= 15 is 0 Å². The van der Waals surface area contributed by atoms with E-state index in [4.69, 9.17) is 4.74 Å². The molecule has 1 heterocycles. The van der Waals surface area contributed by atoms with E-state index in [9.17, 15) is 18.7 Å². The van der Waals surface area contributed by atoms with Crippen molar-refractivity contribution < 1.29 is 23.4 Å². The van der Waals surface area contributed by atoms with E-state index < -0.39 is 17.6 Å². The lowest BCUT2D eigenvalue weighted by Crippen LogP contribution is -2.46. The number of benzene rings is 3. The average molecular weight is 510 g/mol. The first-order chi connectivity index (χ1) is 17.1. The van der Waals surface area contributed by atoms with Gasteiger partial charge in [-0.15, -0.1) is 0 Å². The van der Waals surface area contributed by atoms with Gasteiger partial charge in [-0.1, -0.05) is 13.5 Å². The van der Waals surface area contributed by atoms with Gasteiger partial charge in [0.05, 0.1) is 35.5 Å². The van der Waals surface area contributed by atoms with Crippen molar-refractivity contribution in [1.29, 1.82) is 0 Å². The number of aliphatic hydroxyl groups excluding tert-OH is 1. The minimum atomic E-state index is -0.968. The molecule has 0 unspecified atom stereocenters. The van der Waals surface area contributed by atoms with Gasteiger partial charge in [-0.05, 0) is 93.4 Å². The molecular formula is C29H33F2N3O3. The number of ether oxygens (including phenoxy) is 1. The lowest BCUT2D eigenvalue weighted by Gasteiger charge is -2.30. The lowest BCUT2D eigenvalue weighted by molar-refractivity contribution is -0.132. The second-order valence-corrected chi connectivity index (χ2v) is 9.60. The number of hydrogen-bond donors (Lipinski definition) is 2. The number of carbonyl (C=O) groups is 1. The van der Waals surface area contributed by atoms with E-state index in [1.54, 1.807) is 55.9 Å². The standard InChI is InChI=1S/C28H29F2N3O3.CH4/c1-17-13-21(30)7-11-24(17)26(18(2)32-27(35)28(3,4)16-34)36-23-10-12-25-19(14-23)15-31-33(25)22-8-5-20(29)6-9-22;/h5-15,18,26,34H,16H2,1-4H3,(H,32,35);1H4/t18-,26-;/m0./s1. The Morgan fingerprint density at radius 2 is 1.76 bits per heavy atom. The molecule has 0 radical (unpaired) electrons. The van der Waals surface area contributed by atoms with Crippen LogP contribution in [-0.4, -0.2) is 33.4 Å². The van der Waals surface area contributed by atoms with Gasteiger partial charge in [0.2, 0.25) is 5.91 Å². The highest BCUT2D eigenvalue weighted by Gasteiger charge is 2.31. The third kappa shape index (κ3) is 5.97. The molecule has 0 aliphatic rings. The largest absolute Gasteiger partial charge is 0.484 e. The van der Waals surface area contributed by atoms with Crippen LogP contribution in [0.15, 0.2) is 66.9 Å². The minimum Gasteiger partial charge on any atom is -0.484 e. The molecule has 2 atom stereocenters. The van der Waals surface area contributed by atoms with E-state index in [-0.39, 0.29) is 31.6 Å². The van der Waals surface area contributed by atoms with Crippen LogP contribution in [0.2, 0.25) is 0 Å². The van der Waals surface area contributed by atoms with Crippen molar-refractivity contribution in [3.05, 3.63) is 89.6 Å². The van der Waals surface area contributed by atoms with Gasteiger partial charge in [-0.3, -0.25) is 4.79 Å². The summed E-state index contributed by atoms with van der Waals surface area (Å²) in [5, 5.41) is 17.7. The fourth-order valence-electron chi connectivity index (χ4n) is 3.96. The summed E-state index contributed by atoms with van der Waals surface area (Å²) in [5.41, 5.74) is 1.99. The number of hydrogen-bond acceptors (Lipinski definition) is 4. The van der Waals surface area contributed by atoms with Crippen molar-refractivity contribution in [3.63, 3.8) is 0 Å². The fraction of sp³-hybridized carbons (Fsp3) is 0.310. The summed E-state index contributed by atoms with van der Waals surface area (Å²) >= 11 is 0. The zero-order valence-electron chi connectivity index (χ0n) is 20.6. The molecule has 4 aromatic rings. The van der Waals surface area contributed by atoms with Crippen LogP contribution in [0.5, 0.6) is 5.75 Å². The molecule has 4 rings (SSSR count). The van der Waals surface area contributed by atoms with Crippen LogP contribution in [0.1, 0.15) is 45.4 Å². The molecule has 0 spiro atoms. The molecule has 0 aliphatic carbocycles. The first kappa shape index (κ1) is 27.8. The van der Waals surface area contributed by atoms with Crippen molar-refractivity contribution in [1.82, 2.24) is 15.1 Å². The number of nitrogens with zero attached hydrogens (tertiary/aromatic N) is 2. The number of fused-ring (bicyclic) bond motifs is 1. The number of amides is 1. The Hall–Kier alpha value is -3.78. The number of rotatable bonds is 8. The molecule has 0 bridgehead atoms. The van der Waals surface area contributed by atoms with Gasteiger partial charge < -0.3 is 15.2 Å². The Morgan fingerprint density at radius 3 is 2.41 bits per heavy atom. The van der Waals surface area contributed by atoms with E-state index in [1.165, 1.54) is 24.3 Å². The summed E-state index contributed by atoms with van der Waals surface area (Å²) in [7, 11) is 0. The van der Waals surface area contributed by atoms with Crippen LogP contribution in [0, 0.1) is 24.0 Å². The third-order valence-electron chi connectivity index (χ3n) is 6.23. The minimum absolute atomic E-state index is 0. The maximum Gasteiger partial charge on any atom is 0.228 e. The Kier molecular flexibility index (Phi) is 8.33. The number of carbonyl (C=O) groups excluding carboxylic acids is 1. The summed E-state index contributed by atoms with van der Waals surface area (Å²) in [6.07, 6.45) is 1.06. The van der Waals surface area contributed by atoms with Crippen molar-refractivity contribution in [2.24, 2.45) is 5.41 Å². The van der Waals surface area contributed by atoms with E-state index in [0.717, 1.165) is 22.2 Å². The number of nitrogens with one attached hydrogen (secondary N) is 1. The van der Waals surface area contributed by atoms with Gasteiger partial charge in [0.1, 0.15) is 23.5 Å². The Bertz CT molecular complexity index is 1380. The molecule has 8 heteroatoms. The Balaban J connectivity index is 0.00000380. The molecule has 0 saturated carbocycles. The van der Waals surface area contributed by atoms with Crippen LogP contribution >= 0.6 is 0 Å².